The van der Waals surface area contributed by atoms with Crippen molar-refractivity contribution in [3.8, 4) is 0 Å². The van der Waals surface area contributed by atoms with Gasteiger partial charge in [0, 0.05) is 19.3 Å². The van der Waals surface area contributed by atoms with Crippen LogP contribution in [0.5, 0.6) is 0 Å². The van der Waals surface area contributed by atoms with Crippen LogP contribution in [-0.4, -0.2) is 20.1 Å². The molecule has 1 atom stereocenters. The molecule has 20 heavy (non-hydrogen) atoms. The average Bonchev–Trinajstić information content (AvgIpc) is 2.36. The number of anilines is 1. The quantitative estimate of drug-likeness (QED) is 0.773. The summed E-state index contributed by atoms with van der Waals surface area (Å²) in [6.07, 6.45) is 3.68. The number of aryl methyl sites for hydroxylation is 2. The zero-order valence-electron chi connectivity index (χ0n) is 13.9. The number of nitrogens with two attached hydrogens (primary N) is 1. The molecule has 114 valence electrons. The van der Waals surface area contributed by atoms with Gasteiger partial charge in [0.25, 0.3) is 0 Å². The largest absolute Gasteiger partial charge is 0.375 e. The fourth-order valence-electron chi connectivity index (χ4n) is 2.92. The fourth-order valence-corrected chi connectivity index (χ4v) is 2.92. The Labute approximate surface area is 125 Å². The lowest BCUT2D eigenvalue weighted by molar-refractivity contribution is 0.334. The molecule has 0 radical (unpaired) electrons. The summed E-state index contributed by atoms with van der Waals surface area (Å²) in [6, 6.07) is 6.77. The molecule has 0 aliphatic carbocycles. The SMILES string of the molecule is Cc1cc(C)cc(N(C)CCCC(CCN)C(C)C)c1. The van der Waals surface area contributed by atoms with Crippen LogP contribution in [0.1, 0.15) is 44.2 Å². The van der Waals surface area contributed by atoms with Crippen molar-refractivity contribution in [2.75, 3.05) is 25.0 Å². The molecule has 0 spiro atoms. The van der Waals surface area contributed by atoms with Crippen LogP contribution in [0.4, 0.5) is 5.69 Å². The average molecular weight is 276 g/mol. The van der Waals surface area contributed by atoms with Gasteiger partial charge < -0.3 is 10.6 Å². The topological polar surface area (TPSA) is 29.3 Å². The van der Waals surface area contributed by atoms with Crippen molar-refractivity contribution < 1.29 is 0 Å². The summed E-state index contributed by atoms with van der Waals surface area (Å²) in [5.41, 5.74) is 9.73. The Kier molecular flexibility index (Phi) is 7.08. The predicted octanol–water partition coefficient (Wildman–Crippen LogP) is 4.14. The van der Waals surface area contributed by atoms with Crippen molar-refractivity contribution in [3.63, 3.8) is 0 Å². The minimum atomic E-state index is 0.741. The van der Waals surface area contributed by atoms with Gasteiger partial charge in [-0.25, -0.2) is 0 Å². The summed E-state index contributed by atoms with van der Waals surface area (Å²) < 4.78 is 0. The van der Waals surface area contributed by atoms with Crippen molar-refractivity contribution in [2.24, 2.45) is 17.6 Å². The van der Waals surface area contributed by atoms with Gasteiger partial charge in [-0.2, -0.15) is 0 Å². The van der Waals surface area contributed by atoms with E-state index in [-0.39, 0.29) is 0 Å². The molecule has 1 rings (SSSR count). The molecule has 0 aromatic heterocycles. The van der Waals surface area contributed by atoms with Crippen molar-refractivity contribution in [1.29, 1.82) is 0 Å². The van der Waals surface area contributed by atoms with Gasteiger partial charge in [-0.1, -0.05) is 19.9 Å². The summed E-state index contributed by atoms with van der Waals surface area (Å²) in [6.45, 7) is 10.9. The van der Waals surface area contributed by atoms with Crippen LogP contribution in [0, 0.1) is 25.7 Å². The fraction of sp³-hybridized carbons (Fsp3) is 0.667. The Bertz CT molecular complexity index is 378. The molecule has 1 aromatic carbocycles. The Morgan fingerprint density at radius 3 is 2.15 bits per heavy atom. The molecule has 0 saturated carbocycles. The van der Waals surface area contributed by atoms with Crippen LogP contribution >= 0.6 is 0 Å². The second-order valence-electron chi connectivity index (χ2n) is 6.49. The summed E-state index contributed by atoms with van der Waals surface area (Å²) in [7, 11) is 2.20. The molecule has 0 aliphatic heterocycles. The van der Waals surface area contributed by atoms with E-state index in [1.165, 1.54) is 29.7 Å². The van der Waals surface area contributed by atoms with Crippen molar-refractivity contribution in [2.45, 2.75) is 47.0 Å². The van der Waals surface area contributed by atoms with E-state index in [0.717, 1.165) is 31.3 Å². The highest BCUT2D eigenvalue weighted by molar-refractivity contribution is 5.50. The van der Waals surface area contributed by atoms with Crippen molar-refractivity contribution >= 4 is 5.69 Å². The smallest absolute Gasteiger partial charge is 0.0368 e. The first-order valence-electron chi connectivity index (χ1n) is 7.93. The lowest BCUT2D eigenvalue weighted by atomic mass is 9.88. The maximum Gasteiger partial charge on any atom is 0.0368 e. The van der Waals surface area contributed by atoms with E-state index in [2.05, 4.69) is 57.8 Å². The highest BCUT2D eigenvalue weighted by Crippen LogP contribution is 2.22. The van der Waals surface area contributed by atoms with E-state index in [1.807, 2.05) is 0 Å². The van der Waals surface area contributed by atoms with Gasteiger partial charge in [0.1, 0.15) is 0 Å². The second-order valence-corrected chi connectivity index (χ2v) is 6.49. The third kappa shape index (κ3) is 5.54. The molecule has 0 saturated heterocycles. The molecule has 2 N–H and O–H groups in total. The van der Waals surface area contributed by atoms with Crippen molar-refractivity contribution in [3.05, 3.63) is 29.3 Å². The summed E-state index contributed by atoms with van der Waals surface area (Å²) in [5, 5.41) is 0. The van der Waals surface area contributed by atoms with Crippen LogP contribution in [0.25, 0.3) is 0 Å². The summed E-state index contributed by atoms with van der Waals surface area (Å²) >= 11 is 0. The van der Waals surface area contributed by atoms with E-state index < -0.39 is 0 Å². The molecule has 0 heterocycles. The van der Waals surface area contributed by atoms with Gasteiger partial charge in [-0.3, -0.25) is 0 Å². The van der Waals surface area contributed by atoms with Gasteiger partial charge in [0.15, 0.2) is 0 Å². The first-order valence-corrected chi connectivity index (χ1v) is 7.93. The van der Waals surface area contributed by atoms with Gasteiger partial charge in [-0.15, -0.1) is 0 Å². The summed E-state index contributed by atoms with van der Waals surface area (Å²) in [5.74, 6) is 1.51. The highest BCUT2D eigenvalue weighted by atomic mass is 15.1. The van der Waals surface area contributed by atoms with E-state index >= 15 is 0 Å². The van der Waals surface area contributed by atoms with Crippen LogP contribution in [0.15, 0.2) is 18.2 Å². The maximum atomic E-state index is 5.71. The molecule has 2 heteroatoms. The first kappa shape index (κ1) is 17.0. The number of benzene rings is 1. The second kappa shape index (κ2) is 8.31. The van der Waals surface area contributed by atoms with Crippen LogP contribution < -0.4 is 10.6 Å². The van der Waals surface area contributed by atoms with Crippen LogP contribution in [-0.2, 0) is 0 Å². The minimum Gasteiger partial charge on any atom is -0.375 e. The first-order chi connectivity index (χ1) is 9.43. The number of hydrogen-bond donors (Lipinski definition) is 1. The Morgan fingerprint density at radius 1 is 1.05 bits per heavy atom. The zero-order chi connectivity index (χ0) is 15.1. The number of nitrogens with zero attached hydrogens (tertiary/aromatic N) is 1. The third-order valence-electron chi connectivity index (χ3n) is 4.20. The molecule has 1 unspecified atom stereocenters. The Morgan fingerprint density at radius 2 is 1.65 bits per heavy atom. The van der Waals surface area contributed by atoms with Gasteiger partial charge in [0.05, 0.1) is 0 Å². The Balaban J connectivity index is 2.48. The number of rotatable bonds is 8. The monoisotopic (exact) mass is 276 g/mol. The molecule has 0 amide bonds. The molecule has 2 nitrogen and oxygen atoms in total. The highest BCUT2D eigenvalue weighted by Gasteiger charge is 2.12. The predicted molar refractivity (Wildman–Crippen MR) is 90.4 cm³/mol. The van der Waals surface area contributed by atoms with Crippen molar-refractivity contribution in [1.82, 2.24) is 0 Å². The molecular weight excluding hydrogens is 244 g/mol. The lowest BCUT2D eigenvalue weighted by Crippen LogP contribution is -2.21. The van der Waals surface area contributed by atoms with Crippen LogP contribution in [0.2, 0.25) is 0 Å². The molecular formula is C18H32N2. The van der Waals surface area contributed by atoms with E-state index in [0.29, 0.717) is 0 Å². The standard InChI is InChI=1S/C18H32N2/c1-14(2)17(8-9-19)7-6-10-20(5)18-12-15(3)11-16(4)13-18/h11-14,17H,6-10,19H2,1-5H3. The summed E-state index contributed by atoms with van der Waals surface area (Å²) in [4.78, 5) is 2.37. The van der Waals surface area contributed by atoms with E-state index in [4.69, 9.17) is 5.73 Å². The third-order valence-corrected chi connectivity index (χ3v) is 4.20. The minimum absolute atomic E-state index is 0.741. The van der Waals surface area contributed by atoms with Crippen LogP contribution in [0.3, 0.4) is 0 Å². The molecule has 0 fully saturated rings. The number of hydrogen-bond acceptors (Lipinski definition) is 2. The zero-order valence-corrected chi connectivity index (χ0v) is 13.9. The lowest BCUT2D eigenvalue weighted by Gasteiger charge is -2.24. The van der Waals surface area contributed by atoms with E-state index in [1.54, 1.807) is 0 Å². The van der Waals surface area contributed by atoms with E-state index in [9.17, 15) is 0 Å². The van der Waals surface area contributed by atoms with Gasteiger partial charge in [-0.05, 0) is 74.8 Å². The molecule has 0 aliphatic rings. The molecule has 1 aromatic rings. The molecule has 0 bridgehead atoms. The Hall–Kier alpha value is -1.02. The van der Waals surface area contributed by atoms with Gasteiger partial charge in [0.2, 0.25) is 0 Å². The van der Waals surface area contributed by atoms with Gasteiger partial charge >= 0.3 is 0 Å². The maximum absolute atomic E-state index is 5.71. The normalized spacial score (nSPS) is 12.8.